The maximum atomic E-state index is 13.6. The molecule has 0 unspecified atom stereocenters. The Kier molecular flexibility index (Phi) is 13.5. The zero-order chi connectivity index (χ0) is 45.4. The van der Waals surface area contributed by atoms with E-state index in [4.69, 9.17) is 9.40 Å². The first-order valence-corrected chi connectivity index (χ1v) is 24.9. The molecule has 4 nitrogen and oxygen atoms in total. The van der Waals surface area contributed by atoms with Crippen LogP contribution in [0.1, 0.15) is 51.3 Å². The van der Waals surface area contributed by atoms with Gasteiger partial charge in [-0.2, -0.15) is 0 Å². The van der Waals surface area contributed by atoms with Crippen LogP contribution < -0.4 is 5.19 Å². The number of para-hydroxylation sites is 2. The van der Waals surface area contributed by atoms with Gasteiger partial charge in [0.1, 0.15) is 11.4 Å². The van der Waals surface area contributed by atoms with E-state index in [1.165, 1.54) is 28.4 Å². The molecule has 10 rings (SSSR count). The minimum Gasteiger partial charge on any atom is -0.501 e. The molecule has 3 aromatic heterocycles. The Morgan fingerprint density at radius 3 is 2.21 bits per heavy atom. The minimum absolute atomic E-state index is 0. The molecule has 7 heteroatoms. The number of aryl methyl sites for hydroxylation is 1. The topological polar surface area (TPSA) is 43.9 Å². The van der Waals surface area contributed by atoms with Gasteiger partial charge in [0.25, 0.3) is 0 Å². The maximum Gasteiger partial charge on any atom is 0.123 e. The van der Waals surface area contributed by atoms with Crippen LogP contribution in [0.5, 0.6) is 0 Å². The summed E-state index contributed by atoms with van der Waals surface area (Å²) in [7, 11) is -0.458. The van der Waals surface area contributed by atoms with E-state index in [1.54, 1.807) is 12.1 Å². The molecule has 0 spiro atoms. The summed E-state index contributed by atoms with van der Waals surface area (Å²) in [6, 6.07) is 57.5. The van der Waals surface area contributed by atoms with Crippen molar-refractivity contribution in [2.45, 2.75) is 66.5 Å². The van der Waals surface area contributed by atoms with Gasteiger partial charge in [0, 0.05) is 42.9 Å². The maximum absolute atomic E-state index is 13.6. The first kappa shape index (κ1) is 46.3. The first-order valence-electron chi connectivity index (χ1n) is 22.4. The molecule has 10 aromatic rings. The number of hydrogen-bond donors (Lipinski definition) is 0. The summed E-state index contributed by atoms with van der Waals surface area (Å²) < 4.78 is 22.6. The summed E-state index contributed by atoms with van der Waals surface area (Å²) in [5.74, 6) is 1.19. The van der Waals surface area contributed by atoms with Gasteiger partial charge in [-0.15, -0.1) is 53.6 Å². The Hall–Kier alpha value is -6.24. The van der Waals surface area contributed by atoms with Gasteiger partial charge in [0.2, 0.25) is 0 Å². The molecule has 0 amide bonds. The fourth-order valence-corrected chi connectivity index (χ4v) is 9.85. The smallest absolute Gasteiger partial charge is 0.123 e. The summed E-state index contributed by atoms with van der Waals surface area (Å²) in [5, 5.41) is 3.54. The molecule has 3 heterocycles. The molecule has 332 valence electrons. The molecule has 0 atom stereocenters. The normalized spacial score (nSPS) is 11.6. The molecule has 66 heavy (non-hydrogen) atoms. The van der Waals surface area contributed by atoms with Crippen LogP contribution in [0.3, 0.4) is 0 Å². The predicted octanol–water partition coefficient (Wildman–Crippen LogP) is 15.2. The Bertz CT molecular complexity index is 3290. The molecular weight excluding hydrogens is 1010 g/mol. The molecule has 0 saturated carbocycles. The van der Waals surface area contributed by atoms with Gasteiger partial charge in [0.05, 0.1) is 31.2 Å². The summed E-state index contributed by atoms with van der Waals surface area (Å²) >= 11 is 0. The summed E-state index contributed by atoms with van der Waals surface area (Å²) in [5.41, 5.74) is 15.4. The zero-order valence-corrected chi connectivity index (χ0v) is 42.2. The minimum atomic E-state index is -0.458. The molecule has 0 aliphatic rings. The second-order valence-electron chi connectivity index (χ2n) is 18.6. The molecule has 0 fully saturated rings. The molecule has 0 aliphatic carbocycles. The van der Waals surface area contributed by atoms with Gasteiger partial charge in [-0.3, -0.25) is 4.98 Å². The molecular formula is C59H53FIrN3OSi-2. The molecule has 0 N–H and O–H groups in total. The molecule has 2 radical (unpaired) electrons. The number of benzene rings is 7. The number of hydrogen-bond acceptors (Lipinski definition) is 3. The zero-order valence-electron chi connectivity index (χ0n) is 38.8. The Morgan fingerprint density at radius 2 is 1.50 bits per heavy atom. The van der Waals surface area contributed by atoms with E-state index in [0.717, 1.165) is 95.5 Å². The largest absolute Gasteiger partial charge is 0.501 e. The van der Waals surface area contributed by atoms with Crippen molar-refractivity contribution in [3.8, 4) is 50.6 Å². The number of aromatic nitrogens is 3. The van der Waals surface area contributed by atoms with E-state index in [-0.39, 0.29) is 31.3 Å². The van der Waals surface area contributed by atoms with Crippen molar-refractivity contribution in [1.82, 2.24) is 14.5 Å². The number of fused-ring (bicyclic) bond motifs is 4. The van der Waals surface area contributed by atoms with Gasteiger partial charge in [-0.1, -0.05) is 150 Å². The summed E-state index contributed by atoms with van der Waals surface area (Å²) in [4.78, 5) is 9.86. The average Bonchev–Trinajstić information content (AvgIpc) is 3.89. The van der Waals surface area contributed by atoms with E-state index >= 15 is 0 Å². The Morgan fingerprint density at radius 1 is 0.773 bits per heavy atom. The third kappa shape index (κ3) is 9.39. The van der Waals surface area contributed by atoms with Crippen LogP contribution in [0.25, 0.3) is 83.6 Å². The van der Waals surface area contributed by atoms with Crippen molar-refractivity contribution in [1.29, 1.82) is 0 Å². The van der Waals surface area contributed by atoms with Crippen molar-refractivity contribution in [2.24, 2.45) is 5.92 Å². The van der Waals surface area contributed by atoms with E-state index in [9.17, 15) is 4.39 Å². The average molecular weight is 1060 g/mol. The van der Waals surface area contributed by atoms with Crippen LogP contribution in [0, 0.1) is 30.8 Å². The van der Waals surface area contributed by atoms with Gasteiger partial charge in [0.15, 0.2) is 0 Å². The van der Waals surface area contributed by atoms with Crippen LogP contribution in [-0.4, -0.2) is 23.3 Å². The monoisotopic (exact) mass is 1060 g/mol. The standard InChI is InChI=1S/C42H32FN2O.C17H21NSi.Ir/c1-26-14-21-33(40-39(26)32-22-17-29(24-38(32)46-40)27-15-19-31(43)20-16-27)41-44-35-12-8-9-13-37(35)45(41)36-23-18-30(42(2,3)4)25-34(36)28-10-6-5-7-11-28;1-13(2)10-15-11-16(14-8-6-5-7-9-14)18-12-17(15)19(3)4;/h5-20,22-25H,1-4H3;5-8,11-13H,10H2,1-4H3;/q2*-1;. The SMILES string of the molecule is CC(C)Cc1cc(-c2[c-]cccc2)ncc1[Si](C)C.Cc1c[c-]c(-c2nc3ccccc3n2-c2ccc(C(C)(C)C)cc2-c2ccccc2)c2oc3cc(-c4ccc(F)cc4)ccc3c12.[Ir]. The molecule has 0 bridgehead atoms. The second kappa shape index (κ2) is 19.3. The van der Waals surface area contributed by atoms with E-state index in [0.29, 0.717) is 5.92 Å². The van der Waals surface area contributed by atoms with Crippen molar-refractivity contribution in [2.75, 3.05) is 0 Å². The third-order valence-electron chi connectivity index (χ3n) is 12.0. The Labute approximate surface area is 403 Å². The fraction of sp³-hybridized carbons (Fsp3) is 0.186. The summed E-state index contributed by atoms with van der Waals surface area (Å²) in [6.07, 6.45) is 3.22. The van der Waals surface area contributed by atoms with Crippen molar-refractivity contribution >= 4 is 47.0 Å². The Balaban J connectivity index is 0.000000249. The fourth-order valence-electron chi connectivity index (χ4n) is 8.71. The van der Waals surface area contributed by atoms with E-state index in [2.05, 4.69) is 174 Å². The van der Waals surface area contributed by atoms with Crippen LogP contribution in [0.15, 0.2) is 162 Å². The van der Waals surface area contributed by atoms with Crippen molar-refractivity contribution in [3.63, 3.8) is 0 Å². The number of rotatable bonds is 8. The molecule has 0 saturated heterocycles. The predicted molar refractivity (Wildman–Crippen MR) is 271 cm³/mol. The third-order valence-corrected chi connectivity index (χ3v) is 13.6. The van der Waals surface area contributed by atoms with Crippen LogP contribution in [0.2, 0.25) is 13.1 Å². The van der Waals surface area contributed by atoms with Crippen molar-refractivity contribution < 1.29 is 28.9 Å². The van der Waals surface area contributed by atoms with Gasteiger partial charge in [-0.25, -0.2) is 4.39 Å². The second-order valence-corrected chi connectivity index (χ2v) is 21.1. The van der Waals surface area contributed by atoms with Crippen LogP contribution in [0.4, 0.5) is 4.39 Å². The quantitative estimate of drug-likeness (QED) is 0.113. The molecule has 0 aliphatic heterocycles. The van der Waals surface area contributed by atoms with Gasteiger partial charge < -0.3 is 14.0 Å². The van der Waals surface area contributed by atoms with E-state index in [1.807, 2.05) is 36.4 Å². The number of imidazole rings is 1. The first-order chi connectivity index (χ1) is 31.3. The number of pyridine rings is 1. The van der Waals surface area contributed by atoms with Crippen LogP contribution in [-0.2, 0) is 31.9 Å². The summed E-state index contributed by atoms with van der Waals surface area (Å²) in [6.45, 7) is 18.0. The number of furan rings is 1. The molecule has 7 aromatic carbocycles. The van der Waals surface area contributed by atoms with Crippen molar-refractivity contribution in [3.05, 3.63) is 192 Å². The number of nitrogens with zero attached hydrogens (tertiary/aromatic N) is 3. The van der Waals surface area contributed by atoms with Crippen LogP contribution >= 0.6 is 0 Å². The van der Waals surface area contributed by atoms with E-state index < -0.39 is 8.80 Å². The van der Waals surface area contributed by atoms with Gasteiger partial charge >= 0.3 is 0 Å². The number of halogens is 1. The van der Waals surface area contributed by atoms with Gasteiger partial charge in [-0.05, 0) is 93.4 Å².